The second-order valence-corrected chi connectivity index (χ2v) is 6.06. The minimum Gasteiger partial charge on any atom is -0.472 e. The average molecular weight is 234 g/mol. The first-order chi connectivity index (χ1) is 6.54. The smallest absolute Gasteiger partial charge is 0.342 e. The van der Waals surface area contributed by atoms with Crippen LogP contribution in [0.15, 0.2) is 16.5 Å². The molecule has 4 nitrogen and oxygen atoms in total. The first kappa shape index (κ1) is 8.73. The molecule has 3 aliphatic rings. The molecule has 0 radical (unpaired) electrons. The van der Waals surface area contributed by atoms with Gasteiger partial charge in [0.25, 0.3) is 0 Å². The van der Waals surface area contributed by atoms with Gasteiger partial charge in [-0.15, -0.1) is 4.40 Å². The Hall–Kier alpha value is -0.550. The normalized spacial score (nSPS) is 46.2. The highest BCUT2D eigenvalue weighted by molar-refractivity contribution is 8.12. The van der Waals surface area contributed by atoms with Gasteiger partial charge in [-0.2, -0.15) is 8.42 Å². The third-order valence-electron chi connectivity index (χ3n) is 3.04. The first-order valence-electron chi connectivity index (χ1n) is 4.44. The van der Waals surface area contributed by atoms with Crippen LogP contribution in [-0.2, 0) is 14.0 Å². The molecule has 2 bridgehead atoms. The fourth-order valence-corrected chi connectivity index (χ4v) is 3.01. The minimum absolute atomic E-state index is 0.00725. The van der Waals surface area contributed by atoms with Gasteiger partial charge < -0.3 is 4.74 Å². The molecule has 14 heavy (non-hydrogen) atoms. The summed E-state index contributed by atoms with van der Waals surface area (Å²) in [7, 11) is 1.21. The van der Waals surface area contributed by atoms with E-state index in [-0.39, 0.29) is 12.0 Å². The van der Waals surface area contributed by atoms with Crippen LogP contribution in [0, 0.1) is 17.8 Å². The molecule has 1 heterocycles. The lowest BCUT2D eigenvalue weighted by Gasteiger charge is -2.21. The number of nitrogens with zero attached hydrogens (tertiary/aromatic N) is 1. The quantitative estimate of drug-likeness (QED) is 0.503. The molecule has 76 valence electrons. The van der Waals surface area contributed by atoms with Crippen molar-refractivity contribution in [2.45, 2.75) is 12.5 Å². The fraction of sp³-hybridized carbons (Fsp3) is 0.625. The van der Waals surface area contributed by atoms with E-state index in [1.165, 1.54) is 0 Å². The Balaban J connectivity index is 1.97. The summed E-state index contributed by atoms with van der Waals surface area (Å²) in [5.41, 5.74) is 0. The number of ether oxygens (including phenoxy) is 1. The molecule has 1 saturated heterocycles. The number of hydrogen-bond donors (Lipinski definition) is 0. The summed E-state index contributed by atoms with van der Waals surface area (Å²) in [6.07, 6.45) is 5.04. The fourth-order valence-electron chi connectivity index (χ4n) is 2.42. The summed E-state index contributed by atoms with van der Waals surface area (Å²) in [6, 6.07) is 0. The molecular formula is C8H8ClNO3S. The summed E-state index contributed by atoms with van der Waals surface area (Å²) >= 11 is 0. The van der Waals surface area contributed by atoms with Crippen LogP contribution >= 0.6 is 10.7 Å². The van der Waals surface area contributed by atoms with Crippen LogP contribution in [0.25, 0.3) is 0 Å². The van der Waals surface area contributed by atoms with Crippen molar-refractivity contribution >= 4 is 25.8 Å². The minimum atomic E-state index is -3.84. The molecule has 0 aromatic rings. The number of hydrogen-bond acceptors (Lipinski definition) is 3. The summed E-state index contributed by atoms with van der Waals surface area (Å²) < 4.78 is 30.4. The van der Waals surface area contributed by atoms with Crippen molar-refractivity contribution in [3.8, 4) is 0 Å². The SMILES string of the molecule is O=S(=O)(Cl)/N=C1\O[C@H]2C=C[C@@H]3[C@H](C2)[C@H]13. The Labute approximate surface area is 86.2 Å². The summed E-state index contributed by atoms with van der Waals surface area (Å²) in [4.78, 5) is 0. The van der Waals surface area contributed by atoms with Crippen LogP contribution < -0.4 is 0 Å². The second kappa shape index (κ2) is 2.52. The maximum Gasteiger partial charge on any atom is 0.342 e. The van der Waals surface area contributed by atoms with E-state index in [1.807, 2.05) is 6.08 Å². The van der Waals surface area contributed by atoms with Gasteiger partial charge in [0.05, 0.1) is 0 Å². The van der Waals surface area contributed by atoms with E-state index in [9.17, 15) is 8.42 Å². The largest absolute Gasteiger partial charge is 0.472 e. The monoisotopic (exact) mass is 233 g/mol. The summed E-state index contributed by atoms with van der Waals surface area (Å²) in [5.74, 6) is 1.40. The molecule has 1 aliphatic heterocycles. The topological polar surface area (TPSA) is 55.7 Å². The molecule has 4 atom stereocenters. The van der Waals surface area contributed by atoms with E-state index < -0.39 is 9.24 Å². The van der Waals surface area contributed by atoms with Gasteiger partial charge in [-0.05, 0) is 24.3 Å². The standard InChI is InChI=1S/C8H8ClNO3S/c9-14(11,12)10-8-7-5-2-1-4(13-8)3-6(5)7/h1-2,4-7H,3H2/b10-8-/t4-,5+,6-,7+/m0/s1. The highest BCUT2D eigenvalue weighted by Gasteiger charge is 2.58. The molecule has 0 unspecified atom stereocenters. The van der Waals surface area contributed by atoms with E-state index in [2.05, 4.69) is 10.5 Å². The Kier molecular flexibility index (Phi) is 1.57. The Morgan fingerprint density at radius 3 is 3.00 bits per heavy atom. The highest BCUT2D eigenvalue weighted by atomic mass is 35.7. The zero-order valence-electron chi connectivity index (χ0n) is 7.13. The Morgan fingerprint density at radius 2 is 2.29 bits per heavy atom. The van der Waals surface area contributed by atoms with Gasteiger partial charge in [0.2, 0.25) is 5.90 Å². The lowest BCUT2D eigenvalue weighted by Crippen LogP contribution is -2.24. The van der Waals surface area contributed by atoms with E-state index in [4.69, 9.17) is 15.4 Å². The van der Waals surface area contributed by atoms with Crippen LogP contribution in [-0.4, -0.2) is 20.4 Å². The van der Waals surface area contributed by atoms with Crippen molar-refractivity contribution in [3.05, 3.63) is 12.2 Å². The van der Waals surface area contributed by atoms with E-state index in [0.717, 1.165) is 6.42 Å². The predicted molar refractivity (Wildman–Crippen MR) is 51.3 cm³/mol. The van der Waals surface area contributed by atoms with Crippen molar-refractivity contribution in [2.24, 2.45) is 22.2 Å². The molecule has 2 aliphatic carbocycles. The molecule has 6 heteroatoms. The van der Waals surface area contributed by atoms with Crippen LogP contribution in [0.1, 0.15) is 6.42 Å². The van der Waals surface area contributed by atoms with Gasteiger partial charge in [-0.3, -0.25) is 0 Å². The van der Waals surface area contributed by atoms with Crippen LogP contribution in [0.3, 0.4) is 0 Å². The number of rotatable bonds is 1. The number of allylic oxidation sites excluding steroid dienone is 1. The van der Waals surface area contributed by atoms with Gasteiger partial charge in [0.15, 0.2) is 0 Å². The van der Waals surface area contributed by atoms with Crippen molar-refractivity contribution in [3.63, 3.8) is 0 Å². The molecule has 0 amide bonds. The van der Waals surface area contributed by atoms with Crippen molar-refractivity contribution in [1.82, 2.24) is 0 Å². The zero-order valence-corrected chi connectivity index (χ0v) is 8.70. The van der Waals surface area contributed by atoms with Gasteiger partial charge in [0, 0.05) is 16.6 Å². The van der Waals surface area contributed by atoms with Gasteiger partial charge in [-0.25, -0.2) is 0 Å². The van der Waals surface area contributed by atoms with Crippen molar-refractivity contribution in [2.75, 3.05) is 0 Å². The zero-order chi connectivity index (χ0) is 9.92. The molecule has 1 saturated carbocycles. The maximum atomic E-state index is 10.8. The van der Waals surface area contributed by atoms with E-state index in [1.54, 1.807) is 0 Å². The molecule has 2 fully saturated rings. The van der Waals surface area contributed by atoms with E-state index >= 15 is 0 Å². The van der Waals surface area contributed by atoms with Crippen molar-refractivity contribution < 1.29 is 13.2 Å². The van der Waals surface area contributed by atoms with E-state index in [0.29, 0.717) is 17.7 Å². The number of fused-ring (bicyclic) bond motifs is 2. The Morgan fingerprint density at radius 1 is 1.50 bits per heavy atom. The molecule has 0 spiro atoms. The molecule has 3 rings (SSSR count). The van der Waals surface area contributed by atoms with Crippen molar-refractivity contribution in [1.29, 1.82) is 0 Å². The highest BCUT2D eigenvalue weighted by Crippen LogP contribution is 2.57. The average Bonchev–Trinajstić information content (AvgIpc) is 2.76. The van der Waals surface area contributed by atoms with Gasteiger partial charge in [0.1, 0.15) is 6.10 Å². The molecular weight excluding hydrogens is 226 g/mol. The molecule has 0 N–H and O–H groups in total. The lowest BCUT2D eigenvalue weighted by molar-refractivity contribution is 0.185. The molecule has 0 aromatic heterocycles. The van der Waals surface area contributed by atoms with Crippen LogP contribution in [0.4, 0.5) is 0 Å². The first-order valence-corrected chi connectivity index (χ1v) is 6.71. The summed E-state index contributed by atoms with van der Waals surface area (Å²) in [5, 5.41) is 0. The van der Waals surface area contributed by atoms with Crippen LogP contribution in [0.5, 0.6) is 0 Å². The maximum absolute atomic E-state index is 10.8. The van der Waals surface area contributed by atoms with Gasteiger partial charge >= 0.3 is 9.24 Å². The van der Waals surface area contributed by atoms with Crippen LogP contribution in [0.2, 0.25) is 0 Å². The third-order valence-corrected chi connectivity index (χ3v) is 3.64. The summed E-state index contributed by atoms with van der Waals surface area (Å²) in [6.45, 7) is 0. The second-order valence-electron chi connectivity index (χ2n) is 3.89. The Bertz CT molecular complexity index is 438. The number of halogens is 1. The molecule has 0 aromatic carbocycles. The predicted octanol–water partition coefficient (Wildman–Crippen LogP) is 1.09. The third kappa shape index (κ3) is 1.26. The van der Waals surface area contributed by atoms with Gasteiger partial charge in [-0.1, -0.05) is 6.08 Å². The lowest BCUT2D eigenvalue weighted by atomic mass is 10.0.